The van der Waals surface area contributed by atoms with Gasteiger partial charge in [0.2, 0.25) is 0 Å². The third-order valence-electron chi connectivity index (χ3n) is 1.85. The Morgan fingerprint density at radius 1 is 1.36 bits per heavy atom. The highest BCUT2D eigenvalue weighted by Gasteiger charge is 2.09. The normalized spacial score (nSPS) is 10.1. The largest absolute Gasteiger partial charge is 0.296 e. The van der Waals surface area contributed by atoms with Crippen LogP contribution in [0.5, 0.6) is 0 Å². The molecule has 14 heavy (non-hydrogen) atoms. The standard InChI is InChI=1S/C9H8N4O/c1-7-5-12-13(8(7)6-14)9-10-3-2-4-11-9/h2-6H,1H3. The first-order chi connectivity index (χ1) is 6.83. The Balaban J connectivity index is 2.57. The molecule has 0 unspecified atom stereocenters. The lowest BCUT2D eigenvalue weighted by atomic mass is 10.3. The lowest BCUT2D eigenvalue weighted by Gasteiger charge is -1.99. The molecule has 0 aliphatic rings. The lowest BCUT2D eigenvalue weighted by molar-refractivity contribution is 0.111. The first-order valence-electron chi connectivity index (χ1n) is 4.10. The van der Waals surface area contributed by atoms with Gasteiger partial charge in [0, 0.05) is 12.4 Å². The summed E-state index contributed by atoms with van der Waals surface area (Å²) in [5.74, 6) is 0.405. The SMILES string of the molecule is Cc1cnn(-c2ncccn2)c1C=O. The predicted octanol–water partition coefficient (Wildman–Crippen LogP) is 0.783. The van der Waals surface area contributed by atoms with Crippen LogP contribution in [0.4, 0.5) is 0 Å². The molecule has 5 heteroatoms. The molecule has 70 valence electrons. The van der Waals surface area contributed by atoms with Crippen molar-refractivity contribution in [2.45, 2.75) is 6.92 Å². The molecule has 2 aromatic rings. The van der Waals surface area contributed by atoms with Crippen LogP contribution in [-0.4, -0.2) is 26.0 Å². The van der Waals surface area contributed by atoms with E-state index in [-0.39, 0.29) is 0 Å². The number of carbonyl (C=O) groups excluding carboxylic acids is 1. The summed E-state index contributed by atoms with van der Waals surface area (Å²) in [4.78, 5) is 18.8. The van der Waals surface area contributed by atoms with E-state index in [0.29, 0.717) is 11.6 Å². The maximum Gasteiger partial charge on any atom is 0.251 e. The summed E-state index contributed by atoms with van der Waals surface area (Å²) in [6, 6.07) is 1.71. The second kappa shape index (κ2) is 3.37. The fourth-order valence-corrected chi connectivity index (χ4v) is 1.14. The Kier molecular flexibility index (Phi) is 2.06. The van der Waals surface area contributed by atoms with Crippen molar-refractivity contribution in [3.05, 3.63) is 35.9 Å². The van der Waals surface area contributed by atoms with Crippen LogP contribution in [0.1, 0.15) is 16.1 Å². The third-order valence-corrected chi connectivity index (χ3v) is 1.85. The number of aldehydes is 1. The molecule has 0 aliphatic heterocycles. The molecular weight excluding hydrogens is 180 g/mol. The Bertz CT molecular complexity index is 449. The van der Waals surface area contributed by atoms with Crippen molar-refractivity contribution in [1.29, 1.82) is 0 Å². The minimum atomic E-state index is 0.405. The van der Waals surface area contributed by atoms with Crippen LogP contribution >= 0.6 is 0 Å². The molecule has 5 nitrogen and oxygen atoms in total. The average Bonchev–Trinajstić information content (AvgIpc) is 2.61. The molecule has 0 saturated heterocycles. The van der Waals surface area contributed by atoms with Crippen LogP contribution in [0.15, 0.2) is 24.7 Å². The van der Waals surface area contributed by atoms with E-state index in [1.807, 2.05) is 6.92 Å². The van der Waals surface area contributed by atoms with E-state index in [1.54, 1.807) is 24.7 Å². The molecule has 0 radical (unpaired) electrons. The van der Waals surface area contributed by atoms with Gasteiger partial charge in [-0.05, 0) is 18.6 Å². The highest BCUT2D eigenvalue weighted by Crippen LogP contribution is 2.07. The van der Waals surface area contributed by atoms with Crippen molar-refractivity contribution in [2.75, 3.05) is 0 Å². The van der Waals surface area contributed by atoms with E-state index in [0.717, 1.165) is 11.8 Å². The summed E-state index contributed by atoms with van der Waals surface area (Å²) in [7, 11) is 0. The van der Waals surface area contributed by atoms with Gasteiger partial charge >= 0.3 is 0 Å². The number of hydrogen-bond acceptors (Lipinski definition) is 4. The summed E-state index contributed by atoms with van der Waals surface area (Å²) in [5.41, 5.74) is 1.30. The molecule has 0 spiro atoms. The van der Waals surface area contributed by atoms with Crippen LogP contribution in [-0.2, 0) is 0 Å². The molecule has 2 heterocycles. The predicted molar refractivity (Wildman–Crippen MR) is 49.3 cm³/mol. The first-order valence-corrected chi connectivity index (χ1v) is 4.10. The van der Waals surface area contributed by atoms with Gasteiger partial charge in [0.15, 0.2) is 6.29 Å². The highest BCUT2D eigenvalue weighted by molar-refractivity contribution is 5.75. The number of aromatic nitrogens is 4. The minimum absolute atomic E-state index is 0.405. The molecule has 0 saturated carbocycles. The molecule has 0 N–H and O–H groups in total. The molecule has 0 fully saturated rings. The molecular formula is C9H8N4O. The zero-order chi connectivity index (χ0) is 9.97. The van der Waals surface area contributed by atoms with E-state index in [4.69, 9.17) is 0 Å². The second-order valence-corrected chi connectivity index (χ2v) is 2.79. The van der Waals surface area contributed by atoms with Crippen LogP contribution < -0.4 is 0 Å². The summed E-state index contributed by atoms with van der Waals surface area (Å²) in [6.45, 7) is 1.82. The number of nitrogens with zero attached hydrogens (tertiary/aromatic N) is 4. The Labute approximate surface area is 80.4 Å². The van der Waals surface area contributed by atoms with Crippen molar-refractivity contribution in [3.8, 4) is 5.95 Å². The summed E-state index contributed by atoms with van der Waals surface area (Å²) < 4.78 is 1.42. The van der Waals surface area contributed by atoms with Gasteiger partial charge in [-0.15, -0.1) is 0 Å². The van der Waals surface area contributed by atoms with E-state index in [2.05, 4.69) is 15.1 Å². The smallest absolute Gasteiger partial charge is 0.251 e. The quantitative estimate of drug-likeness (QED) is 0.653. The van der Waals surface area contributed by atoms with Crippen molar-refractivity contribution in [2.24, 2.45) is 0 Å². The second-order valence-electron chi connectivity index (χ2n) is 2.79. The number of carbonyl (C=O) groups is 1. The first kappa shape index (κ1) is 8.55. The molecule has 2 aromatic heterocycles. The lowest BCUT2D eigenvalue weighted by Crippen LogP contribution is -2.05. The Hall–Kier alpha value is -2.04. The summed E-state index contributed by atoms with van der Waals surface area (Å²) in [5, 5.41) is 4.02. The Morgan fingerprint density at radius 2 is 2.07 bits per heavy atom. The average molecular weight is 188 g/mol. The summed E-state index contributed by atoms with van der Waals surface area (Å²) in [6.07, 6.45) is 5.57. The number of hydrogen-bond donors (Lipinski definition) is 0. The van der Waals surface area contributed by atoms with E-state index in [1.165, 1.54) is 4.68 Å². The van der Waals surface area contributed by atoms with Crippen molar-refractivity contribution < 1.29 is 4.79 Å². The molecule has 0 atom stereocenters. The number of aryl methyl sites for hydroxylation is 1. The van der Waals surface area contributed by atoms with Gasteiger partial charge < -0.3 is 0 Å². The fraction of sp³-hybridized carbons (Fsp3) is 0.111. The molecule has 0 bridgehead atoms. The third kappa shape index (κ3) is 1.28. The van der Waals surface area contributed by atoms with Gasteiger partial charge in [0.1, 0.15) is 5.69 Å². The zero-order valence-corrected chi connectivity index (χ0v) is 7.58. The number of rotatable bonds is 2. The van der Waals surface area contributed by atoms with E-state index >= 15 is 0 Å². The maximum absolute atomic E-state index is 10.8. The van der Waals surface area contributed by atoms with Gasteiger partial charge in [-0.3, -0.25) is 4.79 Å². The van der Waals surface area contributed by atoms with Gasteiger partial charge in [0.05, 0.1) is 6.20 Å². The molecule has 0 aromatic carbocycles. The van der Waals surface area contributed by atoms with Crippen LogP contribution in [0, 0.1) is 6.92 Å². The molecule has 2 rings (SSSR count). The van der Waals surface area contributed by atoms with E-state index in [9.17, 15) is 4.79 Å². The Morgan fingerprint density at radius 3 is 2.71 bits per heavy atom. The van der Waals surface area contributed by atoms with Crippen LogP contribution in [0.2, 0.25) is 0 Å². The van der Waals surface area contributed by atoms with Gasteiger partial charge in [0.25, 0.3) is 5.95 Å². The minimum Gasteiger partial charge on any atom is -0.296 e. The van der Waals surface area contributed by atoms with Crippen molar-refractivity contribution >= 4 is 6.29 Å². The maximum atomic E-state index is 10.8. The van der Waals surface area contributed by atoms with Crippen LogP contribution in [0.25, 0.3) is 5.95 Å². The molecule has 0 aliphatic carbocycles. The van der Waals surface area contributed by atoms with E-state index < -0.39 is 0 Å². The van der Waals surface area contributed by atoms with Gasteiger partial charge in [-0.1, -0.05) is 0 Å². The topological polar surface area (TPSA) is 60.7 Å². The highest BCUT2D eigenvalue weighted by atomic mass is 16.1. The van der Waals surface area contributed by atoms with Gasteiger partial charge in [-0.2, -0.15) is 9.78 Å². The monoisotopic (exact) mass is 188 g/mol. The van der Waals surface area contributed by atoms with Crippen molar-refractivity contribution in [1.82, 2.24) is 19.7 Å². The summed E-state index contributed by atoms with van der Waals surface area (Å²) >= 11 is 0. The zero-order valence-electron chi connectivity index (χ0n) is 7.58. The molecule has 0 amide bonds. The van der Waals surface area contributed by atoms with Crippen molar-refractivity contribution in [3.63, 3.8) is 0 Å². The fourth-order valence-electron chi connectivity index (χ4n) is 1.14. The van der Waals surface area contributed by atoms with Gasteiger partial charge in [-0.25, -0.2) is 9.97 Å². The van der Waals surface area contributed by atoms with Crippen LogP contribution in [0.3, 0.4) is 0 Å².